The van der Waals surface area contributed by atoms with Crippen molar-refractivity contribution >= 4 is 17.5 Å². The molecule has 180 valence electrons. The van der Waals surface area contributed by atoms with Gasteiger partial charge in [-0.3, -0.25) is 19.5 Å². The monoisotopic (exact) mass is 472 g/mol. The van der Waals surface area contributed by atoms with Crippen LogP contribution in [0, 0.1) is 11.3 Å². The second-order valence-electron chi connectivity index (χ2n) is 9.87. The average Bonchev–Trinajstić information content (AvgIpc) is 3.38. The van der Waals surface area contributed by atoms with Crippen molar-refractivity contribution in [2.75, 3.05) is 18.4 Å². The van der Waals surface area contributed by atoms with Crippen LogP contribution in [0.3, 0.4) is 0 Å². The number of carbonyl (C=O) groups is 2. The number of nitrogens with zero attached hydrogens (tertiary/aromatic N) is 2. The highest BCUT2D eigenvalue weighted by Crippen LogP contribution is 2.45. The van der Waals surface area contributed by atoms with Gasteiger partial charge in [0.25, 0.3) is 0 Å². The lowest BCUT2D eigenvalue weighted by molar-refractivity contribution is -0.137. The summed E-state index contributed by atoms with van der Waals surface area (Å²) in [5.74, 6) is 0.445. The highest BCUT2D eigenvalue weighted by molar-refractivity contribution is 5.99. The molecule has 2 N–H and O–H groups in total. The van der Waals surface area contributed by atoms with E-state index in [0.29, 0.717) is 31.0 Å². The molecule has 3 aliphatic rings. The Morgan fingerprint density at radius 1 is 1.21 bits per heavy atom. The van der Waals surface area contributed by atoms with E-state index in [1.807, 2.05) is 18.2 Å². The van der Waals surface area contributed by atoms with Gasteiger partial charge in [0, 0.05) is 37.7 Å². The SMILES string of the molecule is O=C1Cc2ccc(CN3CCC(CC4CC4)(C(=O)NCc4cncc(C(F)(F)F)c4)C3)cc2N1. The standard InChI is InChI=1S/C25H27F3N4O2/c26-25(27,28)20-7-18(11-29-13-20)12-30-23(34)24(10-16-1-2-16)5-6-32(15-24)14-17-3-4-19-9-22(33)31-21(19)8-17/h3-4,7-8,11,13,16H,1-2,5-6,9-10,12,14-15H2,(H,30,34)(H,31,33). The third-order valence-electron chi connectivity index (χ3n) is 7.07. The van der Waals surface area contributed by atoms with Crippen molar-refractivity contribution in [1.82, 2.24) is 15.2 Å². The smallest absolute Gasteiger partial charge is 0.351 e. The number of anilines is 1. The minimum atomic E-state index is -4.47. The Morgan fingerprint density at radius 2 is 2.03 bits per heavy atom. The average molecular weight is 473 g/mol. The van der Waals surface area contributed by atoms with Crippen LogP contribution in [0.25, 0.3) is 0 Å². The first kappa shape index (κ1) is 22.8. The molecule has 2 aromatic rings. The topological polar surface area (TPSA) is 74.3 Å². The number of amides is 2. The van der Waals surface area contributed by atoms with E-state index in [0.717, 1.165) is 61.3 Å². The molecule has 5 rings (SSSR count). The van der Waals surface area contributed by atoms with Crippen molar-refractivity contribution in [3.63, 3.8) is 0 Å². The number of aromatic nitrogens is 1. The fourth-order valence-corrected chi connectivity index (χ4v) is 5.14. The Bertz CT molecular complexity index is 1120. The first-order chi connectivity index (χ1) is 16.2. The van der Waals surface area contributed by atoms with Crippen LogP contribution in [0.1, 0.15) is 47.9 Å². The van der Waals surface area contributed by atoms with Crippen molar-refractivity contribution in [1.29, 1.82) is 0 Å². The maximum atomic E-state index is 13.3. The summed E-state index contributed by atoms with van der Waals surface area (Å²) in [6.07, 6.45) is 1.86. The van der Waals surface area contributed by atoms with Crippen LogP contribution >= 0.6 is 0 Å². The first-order valence-corrected chi connectivity index (χ1v) is 11.6. The van der Waals surface area contributed by atoms with E-state index in [9.17, 15) is 22.8 Å². The first-order valence-electron chi connectivity index (χ1n) is 11.6. The Kier molecular flexibility index (Phi) is 5.83. The summed E-state index contributed by atoms with van der Waals surface area (Å²) < 4.78 is 39.0. The molecule has 2 amide bonds. The predicted molar refractivity (Wildman–Crippen MR) is 120 cm³/mol. The van der Waals surface area contributed by atoms with Crippen LogP contribution < -0.4 is 10.6 Å². The highest BCUT2D eigenvalue weighted by Gasteiger charge is 2.47. The predicted octanol–water partition coefficient (Wildman–Crippen LogP) is 3.90. The molecule has 2 fully saturated rings. The van der Waals surface area contributed by atoms with Gasteiger partial charge in [-0.2, -0.15) is 13.2 Å². The molecule has 0 bridgehead atoms. The molecular formula is C25H27F3N4O2. The molecule has 0 radical (unpaired) electrons. The van der Waals surface area contributed by atoms with Crippen LogP contribution in [-0.2, 0) is 35.3 Å². The van der Waals surface area contributed by atoms with E-state index in [1.165, 1.54) is 6.20 Å². The Morgan fingerprint density at radius 3 is 2.79 bits per heavy atom. The number of likely N-dealkylation sites (tertiary alicyclic amines) is 1. The summed E-state index contributed by atoms with van der Waals surface area (Å²) in [7, 11) is 0. The van der Waals surface area contributed by atoms with Gasteiger partial charge in [0.15, 0.2) is 0 Å². The van der Waals surface area contributed by atoms with Gasteiger partial charge in [-0.25, -0.2) is 0 Å². The lowest BCUT2D eigenvalue weighted by Crippen LogP contribution is -2.43. The Hall–Kier alpha value is -2.94. The molecule has 9 heteroatoms. The maximum absolute atomic E-state index is 13.3. The highest BCUT2D eigenvalue weighted by atomic mass is 19.4. The summed E-state index contributed by atoms with van der Waals surface area (Å²) in [4.78, 5) is 30.9. The molecule has 2 aliphatic heterocycles. The quantitative estimate of drug-likeness (QED) is 0.641. The zero-order chi connectivity index (χ0) is 23.9. The van der Waals surface area contributed by atoms with E-state index in [-0.39, 0.29) is 18.4 Å². The minimum absolute atomic E-state index is 0.00409. The molecule has 0 spiro atoms. The number of alkyl halides is 3. The number of nitrogens with one attached hydrogen (secondary N) is 2. The molecule has 34 heavy (non-hydrogen) atoms. The summed E-state index contributed by atoms with van der Waals surface area (Å²) in [6.45, 7) is 2.08. The van der Waals surface area contributed by atoms with Crippen LogP contribution in [0.4, 0.5) is 18.9 Å². The van der Waals surface area contributed by atoms with Gasteiger partial charge in [0.1, 0.15) is 0 Å². The fraction of sp³-hybridized carbons (Fsp3) is 0.480. The van der Waals surface area contributed by atoms with Gasteiger partial charge < -0.3 is 10.6 Å². The number of carbonyl (C=O) groups excluding carboxylic acids is 2. The normalized spacial score (nSPS) is 22.5. The number of benzene rings is 1. The van der Waals surface area contributed by atoms with Crippen LogP contribution in [0.15, 0.2) is 36.7 Å². The zero-order valence-corrected chi connectivity index (χ0v) is 18.8. The number of hydrogen-bond donors (Lipinski definition) is 2. The fourth-order valence-electron chi connectivity index (χ4n) is 5.14. The van der Waals surface area contributed by atoms with Gasteiger partial charge >= 0.3 is 6.18 Å². The van der Waals surface area contributed by atoms with Gasteiger partial charge in [-0.05, 0) is 54.1 Å². The van der Waals surface area contributed by atoms with Crippen LogP contribution in [0.2, 0.25) is 0 Å². The van der Waals surface area contributed by atoms with Crippen molar-refractivity contribution in [2.24, 2.45) is 11.3 Å². The Labute approximate surface area is 195 Å². The number of rotatable bonds is 7. The largest absolute Gasteiger partial charge is 0.417 e. The van der Waals surface area contributed by atoms with Gasteiger partial charge in [-0.1, -0.05) is 25.0 Å². The Balaban J connectivity index is 1.25. The maximum Gasteiger partial charge on any atom is 0.417 e. The summed E-state index contributed by atoms with van der Waals surface area (Å²) in [6, 6.07) is 7.04. The molecule has 1 aromatic heterocycles. The van der Waals surface area contributed by atoms with Crippen LogP contribution in [-0.4, -0.2) is 34.8 Å². The van der Waals surface area contributed by atoms with Crippen molar-refractivity contribution in [2.45, 2.75) is 51.4 Å². The third kappa shape index (κ3) is 4.94. The van der Waals surface area contributed by atoms with E-state index in [2.05, 4.69) is 20.5 Å². The van der Waals surface area contributed by atoms with E-state index in [4.69, 9.17) is 0 Å². The van der Waals surface area contributed by atoms with Gasteiger partial charge in [0.05, 0.1) is 17.4 Å². The van der Waals surface area contributed by atoms with E-state index < -0.39 is 17.2 Å². The van der Waals surface area contributed by atoms with Crippen molar-refractivity contribution in [3.8, 4) is 0 Å². The molecule has 1 saturated carbocycles. The summed E-state index contributed by atoms with van der Waals surface area (Å²) in [5, 5.41) is 5.78. The minimum Gasteiger partial charge on any atom is -0.351 e. The summed E-state index contributed by atoms with van der Waals surface area (Å²) in [5.41, 5.74) is 1.92. The number of hydrogen-bond acceptors (Lipinski definition) is 4. The molecule has 1 saturated heterocycles. The summed E-state index contributed by atoms with van der Waals surface area (Å²) >= 11 is 0. The van der Waals surface area contributed by atoms with Gasteiger partial charge in [0.2, 0.25) is 11.8 Å². The lowest BCUT2D eigenvalue weighted by atomic mass is 9.80. The molecule has 1 unspecified atom stereocenters. The zero-order valence-electron chi connectivity index (χ0n) is 18.8. The van der Waals surface area contributed by atoms with Crippen molar-refractivity contribution < 1.29 is 22.8 Å². The molecule has 1 aliphatic carbocycles. The van der Waals surface area contributed by atoms with Crippen molar-refractivity contribution in [3.05, 3.63) is 58.9 Å². The molecule has 1 atom stereocenters. The molecule has 3 heterocycles. The number of halogens is 3. The van der Waals surface area contributed by atoms with E-state index >= 15 is 0 Å². The molecular weight excluding hydrogens is 445 g/mol. The van der Waals surface area contributed by atoms with Gasteiger partial charge in [-0.15, -0.1) is 0 Å². The second kappa shape index (κ2) is 8.69. The van der Waals surface area contributed by atoms with Crippen LogP contribution in [0.5, 0.6) is 0 Å². The second-order valence-corrected chi connectivity index (χ2v) is 9.87. The van der Waals surface area contributed by atoms with E-state index in [1.54, 1.807) is 0 Å². The molecule has 6 nitrogen and oxygen atoms in total. The number of pyridine rings is 1. The molecule has 1 aromatic carbocycles. The third-order valence-corrected chi connectivity index (χ3v) is 7.07. The lowest BCUT2D eigenvalue weighted by Gasteiger charge is -2.28. The number of fused-ring (bicyclic) bond motifs is 1.